The molecule has 0 radical (unpaired) electrons. The van der Waals surface area contributed by atoms with Crippen molar-refractivity contribution in [1.82, 2.24) is 5.32 Å². The van der Waals surface area contributed by atoms with Crippen LogP contribution in [0.1, 0.15) is 19.4 Å². The molecule has 4 heteroatoms. The summed E-state index contributed by atoms with van der Waals surface area (Å²) in [6, 6.07) is 3.66. The normalized spacial score (nSPS) is 10.7. The third-order valence-corrected chi connectivity index (χ3v) is 2.61. The smallest absolute Gasteiger partial charge is 0.165 e. The summed E-state index contributed by atoms with van der Waals surface area (Å²) in [6.07, 6.45) is 0. The highest BCUT2D eigenvalue weighted by atomic mass is 35.5. The van der Waals surface area contributed by atoms with Gasteiger partial charge >= 0.3 is 0 Å². The third-order valence-electron chi connectivity index (χ3n) is 2.39. The first-order chi connectivity index (χ1) is 8.08. The fourth-order valence-electron chi connectivity index (χ4n) is 1.63. The Bertz CT molecular complexity index is 367. The Morgan fingerprint density at radius 2 is 1.94 bits per heavy atom. The molecule has 96 valence electrons. The van der Waals surface area contributed by atoms with Gasteiger partial charge in [0.05, 0.1) is 14.2 Å². The van der Waals surface area contributed by atoms with Gasteiger partial charge in [-0.1, -0.05) is 25.4 Å². The molecule has 0 aliphatic heterocycles. The summed E-state index contributed by atoms with van der Waals surface area (Å²) in [5.41, 5.74) is 1.01. The Balaban J connectivity index is 2.85. The van der Waals surface area contributed by atoms with Crippen LogP contribution < -0.4 is 14.8 Å². The molecule has 0 aromatic heterocycles. The topological polar surface area (TPSA) is 30.5 Å². The van der Waals surface area contributed by atoms with E-state index >= 15 is 0 Å². The van der Waals surface area contributed by atoms with Crippen LogP contribution in [0.3, 0.4) is 0 Å². The first kappa shape index (κ1) is 14.1. The average Bonchev–Trinajstić information content (AvgIpc) is 2.27. The van der Waals surface area contributed by atoms with Crippen LogP contribution in [0.2, 0.25) is 5.02 Å². The van der Waals surface area contributed by atoms with Gasteiger partial charge in [0.15, 0.2) is 11.5 Å². The van der Waals surface area contributed by atoms with Gasteiger partial charge in [-0.2, -0.15) is 0 Å². The molecule has 1 aromatic carbocycles. The Kier molecular flexibility index (Phi) is 5.59. The van der Waals surface area contributed by atoms with Gasteiger partial charge < -0.3 is 14.8 Å². The standard InChI is InChI=1S/C13H20ClNO2/c1-9(2)7-15-8-10-5-11(14)6-12(16-3)13(10)17-4/h5-6,9,15H,7-8H2,1-4H3. The molecule has 1 aromatic rings. The first-order valence-electron chi connectivity index (χ1n) is 5.69. The van der Waals surface area contributed by atoms with E-state index in [1.165, 1.54) is 0 Å². The van der Waals surface area contributed by atoms with Gasteiger partial charge in [0.25, 0.3) is 0 Å². The highest BCUT2D eigenvalue weighted by molar-refractivity contribution is 6.30. The molecule has 0 bridgehead atoms. The van der Waals surface area contributed by atoms with Crippen molar-refractivity contribution in [2.24, 2.45) is 5.92 Å². The van der Waals surface area contributed by atoms with E-state index in [2.05, 4.69) is 19.2 Å². The second-order valence-electron chi connectivity index (χ2n) is 4.33. The van der Waals surface area contributed by atoms with Crippen LogP contribution >= 0.6 is 11.6 Å². The number of hydrogen-bond acceptors (Lipinski definition) is 3. The van der Waals surface area contributed by atoms with Crippen molar-refractivity contribution in [3.05, 3.63) is 22.7 Å². The summed E-state index contributed by atoms with van der Waals surface area (Å²) in [6.45, 7) is 6.02. The lowest BCUT2D eigenvalue weighted by atomic mass is 10.1. The molecule has 1 rings (SSSR count). The second-order valence-corrected chi connectivity index (χ2v) is 4.76. The predicted octanol–water partition coefficient (Wildman–Crippen LogP) is 3.10. The summed E-state index contributed by atoms with van der Waals surface area (Å²) in [4.78, 5) is 0. The van der Waals surface area contributed by atoms with E-state index in [1.54, 1.807) is 20.3 Å². The van der Waals surface area contributed by atoms with Gasteiger partial charge in [-0.25, -0.2) is 0 Å². The molecular formula is C13H20ClNO2. The summed E-state index contributed by atoms with van der Waals surface area (Å²) >= 11 is 6.04. The van der Waals surface area contributed by atoms with Gasteiger partial charge in [-0.15, -0.1) is 0 Å². The van der Waals surface area contributed by atoms with Crippen LogP contribution in [0, 0.1) is 5.92 Å². The number of ether oxygens (including phenoxy) is 2. The number of halogens is 1. The minimum Gasteiger partial charge on any atom is -0.493 e. The minimum absolute atomic E-state index is 0.613. The molecule has 1 N–H and O–H groups in total. The molecule has 0 aliphatic rings. The van der Waals surface area contributed by atoms with Gasteiger partial charge in [0.2, 0.25) is 0 Å². The molecule has 0 saturated carbocycles. The van der Waals surface area contributed by atoms with Crippen LogP contribution in [0.15, 0.2) is 12.1 Å². The van der Waals surface area contributed by atoms with Crippen molar-refractivity contribution < 1.29 is 9.47 Å². The number of rotatable bonds is 6. The molecule has 0 heterocycles. The lowest BCUT2D eigenvalue weighted by Gasteiger charge is -2.14. The zero-order chi connectivity index (χ0) is 12.8. The number of nitrogens with one attached hydrogen (secondary N) is 1. The quantitative estimate of drug-likeness (QED) is 0.850. The third kappa shape index (κ3) is 4.10. The highest BCUT2D eigenvalue weighted by Crippen LogP contribution is 2.34. The highest BCUT2D eigenvalue weighted by Gasteiger charge is 2.11. The van der Waals surface area contributed by atoms with Gasteiger partial charge in [-0.3, -0.25) is 0 Å². The van der Waals surface area contributed by atoms with Crippen LogP contribution in [-0.2, 0) is 6.54 Å². The molecule has 0 atom stereocenters. The molecule has 0 amide bonds. The van der Waals surface area contributed by atoms with E-state index in [0.717, 1.165) is 24.4 Å². The summed E-state index contributed by atoms with van der Waals surface area (Å²) in [5.74, 6) is 2.02. The van der Waals surface area contributed by atoms with E-state index < -0.39 is 0 Å². The predicted molar refractivity (Wildman–Crippen MR) is 71.1 cm³/mol. The van der Waals surface area contributed by atoms with Crippen molar-refractivity contribution in [2.75, 3.05) is 20.8 Å². The fourth-order valence-corrected chi connectivity index (χ4v) is 1.86. The number of hydrogen-bond donors (Lipinski definition) is 1. The molecule has 3 nitrogen and oxygen atoms in total. The van der Waals surface area contributed by atoms with Crippen LogP contribution in [0.4, 0.5) is 0 Å². The monoisotopic (exact) mass is 257 g/mol. The maximum absolute atomic E-state index is 6.04. The summed E-state index contributed by atoms with van der Waals surface area (Å²) in [5, 5.41) is 4.02. The fraction of sp³-hybridized carbons (Fsp3) is 0.538. The Hall–Kier alpha value is -0.930. The van der Waals surface area contributed by atoms with Crippen LogP contribution in [0.25, 0.3) is 0 Å². The average molecular weight is 258 g/mol. The lowest BCUT2D eigenvalue weighted by Crippen LogP contribution is -2.19. The molecule has 0 fully saturated rings. The van der Waals surface area contributed by atoms with Crippen molar-refractivity contribution in [3.63, 3.8) is 0 Å². The lowest BCUT2D eigenvalue weighted by molar-refractivity contribution is 0.350. The second kappa shape index (κ2) is 6.72. The molecule has 17 heavy (non-hydrogen) atoms. The van der Waals surface area contributed by atoms with E-state index in [-0.39, 0.29) is 0 Å². The van der Waals surface area contributed by atoms with Gasteiger partial charge in [0, 0.05) is 23.2 Å². The Morgan fingerprint density at radius 1 is 1.24 bits per heavy atom. The first-order valence-corrected chi connectivity index (χ1v) is 6.07. The number of benzene rings is 1. The Labute approximate surface area is 108 Å². The largest absolute Gasteiger partial charge is 0.493 e. The van der Waals surface area contributed by atoms with E-state index in [1.807, 2.05) is 6.07 Å². The zero-order valence-corrected chi connectivity index (χ0v) is 11.6. The minimum atomic E-state index is 0.613. The van der Waals surface area contributed by atoms with Crippen molar-refractivity contribution in [1.29, 1.82) is 0 Å². The van der Waals surface area contributed by atoms with E-state index in [0.29, 0.717) is 16.7 Å². The molecule has 0 unspecified atom stereocenters. The number of methoxy groups -OCH3 is 2. The van der Waals surface area contributed by atoms with E-state index in [9.17, 15) is 0 Å². The Morgan fingerprint density at radius 3 is 2.47 bits per heavy atom. The summed E-state index contributed by atoms with van der Waals surface area (Å²) in [7, 11) is 3.25. The maximum atomic E-state index is 6.04. The molecular weight excluding hydrogens is 238 g/mol. The van der Waals surface area contributed by atoms with Crippen molar-refractivity contribution in [2.45, 2.75) is 20.4 Å². The SMILES string of the molecule is COc1cc(Cl)cc(CNCC(C)C)c1OC. The van der Waals surface area contributed by atoms with Gasteiger partial charge in [-0.05, 0) is 18.5 Å². The van der Waals surface area contributed by atoms with E-state index in [4.69, 9.17) is 21.1 Å². The molecule has 0 spiro atoms. The summed E-state index contributed by atoms with van der Waals surface area (Å²) < 4.78 is 10.6. The van der Waals surface area contributed by atoms with Crippen molar-refractivity contribution >= 4 is 11.6 Å². The molecule has 0 saturated heterocycles. The maximum Gasteiger partial charge on any atom is 0.165 e. The van der Waals surface area contributed by atoms with Gasteiger partial charge in [0.1, 0.15) is 0 Å². The van der Waals surface area contributed by atoms with Crippen LogP contribution in [0.5, 0.6) is 11.5 Å². The van der Waals surface area contributed by atoms with Crippen molar-refractivity contribution in [3.8, 4) is 11.5 Å². The molecule has 0 aliphatic carbocycles. The van der Waals surface area contributed by atoms with Crippen LogP contribution in [-0.4, -0.2) is 20.8 Å². The zero-order valence-electron chi connectivity index (χ0n) is 10.8.